The van der Waals surface area contributed by atoms with Crippen LogP contribution in [0.5, 0.6) is 0 Å². The molecular weight excluding hydrogens is 412 g/mol. The Bertz CT molecular complexity index is 1220. The van der Waals surface area contributed by atoms with Crippen LogP contribution in [0.2, 0.25) is 0 Å². The summed E-state index contributed by atoms with van der Waals surface area (Å²) in [4.78, 5) is 32.8. The fraction of sp³-hybridized carbons (Fsp3) is 0.192. The number of nitrogens with one attached hydrogen (secondary N) is 1. The summed E-state index contributed by atoms with van der Waals surface area (Å²) < 4.78 is 0. The van der Waals surface area contributed by atoms with Crippen LogP contribution in [0, 0.1) is 0 Å². The van der Waals surface area contributed by atoms with Gasteiger partial charge in [0.05, 0.1) is 5.69 Å². The molecule has 5 rings (SSSR count). The molecule has 164 valence electrons. The number of aromatic nitrogens is 4. The van der Waals surface area contributed by atoms with Crippen molar-refractivity contribution in [3.63, 3.8) is 0 Å². The number of pyridine rings is 2. The third-order valence-electron chi connectivity index (χ3n) is 5.77. The summed E-state index contributed by atoms with van der Waals surface area (Å²) in [5.41, 5.74) is 3.42. The number of anilines is 2. The minimum Gasteiger partial charge on any atom is -0.340 e. The van der Waals surface area contributed by atoms with Crippen molar-refractivity contribution in [2.75, 3.05) is 18.4 Å². The highest BCUT2D eigenvalue weighted by molar-refractivity contribution is 5.94. The van der Waals surface area contributed by atoms with Crippen molar-refractivity contribution in [2.24, 2.45) is 0 Å². The first-order valence-corrected chi connectivity index (χ1v) is 11.1. The predicted octanol–water partition coefficient (Wildman–Crippen LogP) is 4.70. The highest BCUT2D eigenvalue weighted by Crippen LogP contribution is 2.29. The number of carbonyl (C=O) groups excluding carboxylic acids is 1. The van der Waals surface area contributed by atoms with Crippen LogP contribution in [0.1, 0.15) is 34.9 Å². The summed E-state index contributed by atoms with van der Waals surface area (Å²) in [7, 11) is 0. The lowest BCUT2D eigenvalue weighted by atomic mass is 9.96. The molecule has 0 unspecified atom stereocenters. The third kappa shape index (κ3) is 4.87. The molecule has 7 heteroatoms. The number of piperidine rings is 1. The number of nitrogens with zero attached hydrogens (tertiary/aromatic N) is 5. The number of likely N-dealkylation sites (tertiary alicyclic amines) is 1. The molecule has 7 nitrogen and oxygen atoms in total. The number of hydrogen-bond donors (Lipinski definition) is 1. The maximum atomic E-state index is 13.0. The van der Waals surface area contributed by atoms with Crippen molar-refractivity contribution in [2.45, 2.75) is 18.8 Å². The van der Waals surface area contributed by atoms with Crippen molar-refractivity contribution in [1.82, 2.24) is 24.8 Å². The second-order valence-corrected chi connectivity index (χ2v) is 8.05. The SMILES string of the molecule is O=C(c1ccncc1)N1CCC[C@@H](c2nc(Nc3ccccc3)cc(-c3ccncc3)n2)C1. The van der Waals surface area contributed by atoms with E-state index in [1.807, 2.05) is 53.4 Å². The number of carbonyl (C=O) groups is 1. The molecule has 33 heavy (non-hydrogen) atoms. The number of amides is 1. The van der Waals surface area contributed by atoms with Gasteiger partial charge in [-0.25, -0.2) is 9.97 Å². The minimum atomic E-state index is 0.0232. The molecule has 0 aliphatic carbocycles. The first kappa shape index (κ1) is 20.8. The van der Waals surface area contributed by atoms with Crippen LogP contribution in [-0.4, -0.2) is 43.8 Å². The molecule has 0 bridgehead atoms. The van der Waals surface area contributed by atoms with Crippen molar-refractivity contribution >= 4 is 17.4 Å². The minimum absolute atomic E-state index is 0.0232. The average molecular weight is 437 g/mol. The number of hydrogen-bond acceptors (Lipinski definition) is 6. The first-order chi connectivity index (χ1) is 16.3. The van der Waals surface area contributed by atoms with Crippen LogP contribution >= 0.6 is 0 Å². The molecule has 1 amide bonds. The molecule has 0 spiro atoms. The summed E-state index contributed by atoms with van der Waals surface area (Å²) in [6, 6.07) is 19.3. The zero-order chi connectivity index (χ0) is 22.5. The molecule has 1 fully saturated rings. The average Bonchev–Trinajstić information content (AvgIpc) is 2.90. The second kappa shape index (κ2) is 9.56. The van der Waals surface area contributed by atoms with E-state index < -0.39 is 0 Å². The quantitative estimate of drug-likeness (QED) is 0.488. The molecule has 1 N–H and O–H groups in total. The maximum absolute atomic E-state index is 13.0. The lowest BCUT2D eigenvalue weighted by Crippen LogP contribution is -2.39. The predicted molar refractivity (Wildman–Crippen MR) is 127 cm³/mol. The zero-order valence-electron chi connectivity index (χ0n) is 18.1. The first-order valence-electron chi connectivity index (χ1n) is 11.1. The topological polar surface area (TPSA) is 83.9 Å². The Labute approximate surface area is 192 Å². The molecule has 4 aromatic rings. The zero-order valence-corrected chi connectivity index (χ0v) is 18.1. The van der Waals surface area contributed by atoms with Gasteiger partial charge < -0.3 is 10.2 Å². The second-order valence-electron chi connectivity index (χ2n) is 8.05. The van der Waals surface area contributed by atoms with Crippen LogP contribution in [-0.2, 0) is 0 Å². The third-order valence-corrected chi connectivity index (χ3v) is 5.77. The summed E-state index contributed by atoms with van der Waals surface area (Å²) >= 11 is 0. The monoisotopic (exact) mass is 436 g/mol. The van der Waals surface area contributed by atoms with Gasteiger partial charge in [0.2, 0.25) is 0 Å². The lowest BCUT2D eigenvalue weighted by Gasteiger charge is -2.32. The van der Waals surface area contributed by atoms with E-state index >= 15 is 0 Å². The van der Waals surface area contributed by atoms with Gasteiger partial charge in [-0.05, 0) is 49.2 Å². The Balaban J connectivity index is 1.46. The fourth-order valence-electron chi connectivity index (χ4n) is 4.10. The van der Waals surface area contributed by atoms with Gasteiger partial charge in [0.1, 0.15) is 11.6 Å². The van der Waals surface area contributed by atoms with Gasteiger partial charge in [-0.15, -0.1) is 0 Å². The molecule has 0 saturated carbocycles. The summed E-state index contributed by atoms with van der Waals surface area (Å²) in [6.45, 7) is 1.32. The van der Waals surface area contributed by atoms with Crippen molar-refractivity contribution < 1.29 is 4.79 Å². The molecule has 1 saturated heterocycles. The Morgan fingerprint density at radius 2 is 1.64 bits per heavy atom. The van der Waals surface area contributed by atoms with Gasteiger partial charge >= 0.3 is 0 Å². The van der Waals surface area contributed by atoms with Crippen molar-refractivity contribution in [3.8, 4) is 11.3 Å². The Morgan fingerprint density at radius 3 is 2.39 bits per heavy atom. The van der Waals surface area contributed by atoms with Crippen molar-refractivity contribution in [3.05, 3.63) is 96.8 Å². The Hall–Kier alpha value is -4.13. The Kier molecular flexibility index (Phi) is 6.01. The van der Waals surface area contributed by atoms with E-state index in [9.17, 15) is 4.79 Å². The summed E-state index contributed by atoms with van der Waals surface area (Å²) in [5.74, 6) is 1.56. The van der Waals surface area contributed by atoms with Crippen LogP contribution in [0.15, 0.2) is 85.5 Å². The van der Waals surface area contributed by atoms with Gasteiger partial charge in [-0.3, -0.25) is 14.8 Å². The normalized spacial score (nSPS) is 15.8. The summed E-state index contributed by atoms with van der Waals surface area (Å²) in [5, 5.41) is 3.40. The van der Waals surface area contributed by atoms with E-state index in [1.54, 1.807) is 36.9 Å². The van der Waals surface area contributed by atoms with E-state index in [-0.39, 0.29) is 11.8 Å². The van der Waals surface area contributed by atoms with E-state index in [2.05, 4.69) is 15.3 Å². The largest absolute Gasteiger partial charge is 0.340 e. The van der Waals surface area contributed by atoms with E-state index in [0.29, 0.717) is 12.1 Å². The van der Waals surface area contributed by atoms with Crippen LogP contribution in [0.4, 0.5) is 11.5 Å². The van der Waals surface area contributed by atoms with E-state index in [1.165, 1.54) is 0 Å². The van der Waals surface area contributed by atoms with E-state index in [0.717, 1.165) is 48.0 Å². The molecule has 3 aromatic heterocycles. The molecule has 0 radical (unpaired) electrons. The van der Waals surface area contributed by atoms with E-state index in [4.69, 9.17) is 9.97 Å². The van der Waals surface area contributed by atoms with Gasteiger partial charge in [0.25, 0.3) is 5.91 Å². The lowest BCUT2D eigenvalue weighted by molar-refractivity contribution is 0.0704. The molecule has 1 aliphatic rings. The highest BCUT2D eigenvalue weighted by Gasteiger charge is 2.28. The van der Waals surface area contributed by atoms with Gasteiger partial charge in [0.15, 0.2) is 0 Å². The van der Waals surface area contributed by atoms with Crippen molar-refractivity contribution in [1.29, 1.82) is 0 Å². The molecule has 1 aliphatic heterocycles. The molecule has 1 aromatic carbocycles. The standard InChI is InChI=1S/C26H24N6O/c33-26(20-10-14-28-15-11-20)32-16-4-5-21(18-32)25-30-23(19-8-12-27-13-9-19)17-24(31-25)29-22-6-2-1-3-7-22/h1-3,6-15,17,21H,4-5,16,18H2,(H,29,30,31)/t21-/m1/s1. The van der Waals surface area contributed by atoms with Gasteiger partial charge in [0, 0.05) is 66.7 Å². The van der Waals surface area contributed by atoms with Gasteiger partial charge in [-0.2, -0.15) is 0 Å². The highest BCUT2D eigenvalue weighted by atomic mass is 16.2. The smallest absolute Gasteiger partial charge is 0.253 e. The van der Waals surface area contributed by atoms with Crippen LogP contribution in [0.25, 0.3) is 11.3 Å². The molecular formula is C26H24N6O. The van der Waals surface area contributed by atoms with Crippen LogP contribution in [0.3, 0.4) is 0 Å². The maximum Gasteiger partial charge on any atom is 0.253 e. The molecule has 1 atom stereocenters. The number of benzene rings is 1. The Morgan fingerprint density at radius 1 is 0.909 bits per heavy atom. The molecule has 4 heterocycles. The van der Waals surface area contributed by atoms with Crippen LogP contribution < -0.4 is 5.32 Å². The number of rotatable bonds is 5. The summed E-state index contributed by atoms with van der Waals surface area (Å²) in [6.07, 6.45) is 8.67. The van der Waals surface area contributed by atoms with Gasteiger partial charge in [-0.1, -0.05) is 18.2 Å². The number of para-hydroxylation sites is 1. The fourth-order valence-corrected chi connectivity index (χ4v) is 4.10.